The van der Waals surface area contributed by atoms with Crippen molar-refractivity contribution in [2.75, 3.05) is 6.61 Å². The van der Waals surface area contributed by atoms with Gasteiger partial charge in [0.15, 0.2) is 12.0 Å². The third kappa shape index (κ3) is 3.75. The van der Waals surface area contributed by atoms with E-state index in [4.69, 9.17) is 26.7 Å². The van der Waals surface area contributed by atoms with E-state index in [1.807, 2.05) is 0 Å². The van der Waals surface area contributed by atoms with E-state index in [9.17, 15) is 24.0 Å². The highest BCUT2D eigenvalue weighted by Gasteiger charge is 2.44. The molecule has 2 aromatic rings. The highest BCUT2D eigenvalue weighted by atomic mass is 32.1. The zero-order valence-electron chi connectivity index (χ0n) is 12.7. The van der Waals surface area contributed by atoms with Gasteiger partial charge < -0.3 is 29.7 Å². The van der Waals surface area contributed by atoms with Crippen molar-refractivity contribution < 1.29 is 38.2 Å². The minimum absolute atomic E-state index is 0.0204. The molecule has 1 unspecified atom stereocenters. The SMILES string of the molecule is O=c1[nH]c2nc(=S)n([C@@H]3O[C@H](COP(=O)(O)O)C(O)[C@@H]3O)cc2cc1F. The Morgan fingerprint density at radius 1 is 1.42 bits per heavy atom. The minimum atomic E-state index is -4.80. The fourth-order valence-corrected chi connectivity index (χ4v) is 3.10. The smallest absolute Gasteiger partial charge is 0.387 e. The Morgan fingerprint density at radius 2 is 2.12 bits per heavy atom. The van der Waals surface area contributed by atoms with E-state index in [2.05, 4.69) is 14.5 Å². The fourth-order valence-electron chi connectivity index (χ4n) is 2.51. The Hall–Kier alpha value is -1.57. The highest BCUT2D eigenvalue weighted by molar-refractivity contribution is 7.71. The lowest BCUT2D eigenvalue weighted by atomic mass is 10.1. The first-order valence-electron chi connectivity index (χ1n) is 7.10. The molecule has 5 N–H and O–H groups in total. The molecule has 14 heteroatoms. The molecule has 26 heavy (non-hydrogen) atoms. The van der Waals surface area contributed by atoms with Gasteiger partial charge in [-0.15, -0.1) is 0 Å². The molecule has 4 atom stereocenters. The van der Waals surface area contributed by atoms with Crippen LogP contribution >= 0.6 is 20.0 Å². The van der Waals surface area contributed by atoms with Crippen LogP contribution < -0.4 is 5.56 Å². The number of phosphoric ester groups is 1. The quantitative estimate of drug-likeness (QED) is 0.322. The Bertz CT molecular complexity index is 1010. The molecule has 11 nitrogen and oxygen atoms in total. The van der Waals surface area contributed by atoms with Crippen LogP contribution in [0, 0.1) is 10.6 Å². The van der Waals surface area contributed by atoms with Gasteiger partial charge in [-0.3, -0.25) is 13.9 Å². The van der Waals surface area contributed by atoms with Crippen molar-refractivity contribution in [1.29, 1.82) is 0 Å². The summed E-state index contributed by atoms with van der Waals surface area (Å²) >= 11 is 5.05. The van der Waals surface area contributed by atoms with E-state index in [0.717, 1.165) is 10.6 Å². The van der Waals surface area contributed by atoms with E-state index in [0.29, 0.717) is 0 Å². The van der Waals surface area contributed by atoms with Gasteiger partial charge in [-0.25, -0.2) is 13.9 Å². The number of aliphatic hydroxyl groups excluding tert-OH is 2. The minimum Gasteiger partial charge on any atom is -0.387 e. The van der Waals surface area contributed by atoms with Crippen molar-refractivity contribution in [3.8, 4) is 0 Å². The predicted octanol–water partition coefficient (Wildman–Crippen LogP) is -0.678. The zero-order chi connectivity index (χ0) is 19.2. The maximum absolute atomic E-state index is 13.5. The van der Waals surface area contributed by atoms with Gasteiger partial charge in [0.05, 0.1) is 6.61 Å². The molecule has 0 amide bonds. The molecule has 0 spiro atoms. The van der Waals surface area contributed by atoms with Gasteiger partial charge >= 0.3 is 7.82 Å². The summed E-state index contributed by atoms with van der Waals surface area (Å²) in [5, 5.41) is 20.3. The first kappa shape index (κ1) is 19.2. The topological polar surface area (TPSA) is 167 Å². The average molecular weight is 409 g/mol. The predicted molar refractivity (Wildman–Crippen MR) is 85.1 cm³/mol. The van der Waals surface area contributed by atoms with Gasteiger partial charge in [0.25, 0.3) is 5.56 Å². The Labute approximate surface area is 148 Å². The number of nitrogens with one attached hydrogen (secondary N) is 1. The molecular weight excluding hydrogens is 396 g/mol. The van der Waals surface area contributed by atoms with Crippen LogP contribution in [0.3, 0.4) is 0 Å². The Morgan fingerprint density at radius 3 is 2.77 bits per heavy atom. The largest absolute Gasteiger partial charge is 0.469 e. The monoisotopic (exact) mass is 409 g/mol. The number of fused-ring (bicyclic) bond motifs is 1. The van der Waals surface area contributed by atoms with Crippen LogP contribution in [0.5, 0.6) is 0 Å². The molecule has 3 rings (SSSR count). The summed E-state index contributed by atoms with van der Waals surface area (Å²) in [5.41, 5.74) is -0.952. The summed E-state index contributed by atoms with van der Waals surface area (Å²) in [6, 6.07) is 0.915. The fraction of sp³-hybridized carbons (Fsp3) is 0.417. The van der Waals surface area contributed by atoms with E-state index in [1.165, 1.54) is 6.20 Å². The maximum atomic E-state index is 13.5. The lowest BCUT2D eigenvalue weighted by molar-refractivity contribution is -0.0531. The third-order valence-electron chi connectivity index (χ3n) is 3.73. The Kier molecular flexibility index (Phi) is 5.07. The van der Waals surface area contributed by atoms with Crippen molar-refractivity contribution in [2.24, 2.45) is 0 Å². The molecule has 1 aliphatic rings. The van der Waals surface area contributed by atoms with Crippen LogP contribution in [0.2, 0.25) is 0 Å². The normalized spacial score (nSPS) is 26.5. The molecule has 3 heterocycles. The van der Waals surface area contributed by atoms with Crippen LogP contribution in [0.1, 0.15) is 6.23 Å². The number of hydrogen-bond donors (Lipinski definition) is 5. The number of aliphatic hydroxyl groups is 2. The maximum Gasteiger partial charge on any atom is 0.469 e. The number of pyridine rings is 1. The van der Waals surface area contributed by atoms with Gasteiger partial charge in [-0.05, 0) is 18.3 Å². The van der Waals surface area contributed by atoms with Crippen LogP contribution in [-0.4, -0.2) is 59.5 Å². The summed E-state index contributed by atoms with van der Waals surface area (Å²) in [7, 11) is -4.80. The van der Waals surface area contributed by atoms with E-state index < -0.39 is 50.3 Å². The molecule has 0 bridgehead atoms. The second-order valence-electron chi connectivity index (χ2n) is 5.51. The molecule has 1 fully saturated rings. The van der Waals surface area contributed by atoms with Crippen LogP contribution in [0.4, 0.5) is 4.39 Å². The van der Waals surface area contributed by atoms with E-state index >= 15 is 0 Å². The summed E-state index contributed by atoms with van der Waals surface area (Å²) in [4.78, 5) is 34.8. The number of hydrogen-bond acceptors (Lipinski definition) is 8. The second kappa shape index (κ2) is 6.87. The summed E-state index contributed by atoms with van der Waals surface area (Å²) in [5.74, 6) is -1.05. The van der Waals surface area contributed by atoms with Crippen molar-refractivity contribution in [1.82, 2.24) is 14.5 Å². The number of H-pyrrole nitrogens is 1. The molecular formula is C12H13FN3O8PS. The molecule has 0 aliphatic carbocycles. The zero-order valence-corrected chi connectivity index (χ0v) is 14.4. The molecule has 1 saturated heterocycles. The summed E-state index contributed by atoms with van der Waals surface area (Å²) in [6.45, 7) is -0.685. The number of ether oxygens (including phenoxy) is 1. The van der Waals surface area contributed by atoms with Crippen molar-refractivity contribution in [3.05, 3.63) is 33.2 Å². The lowest BCUT2D eigenvalue weighted by Gasteiger charge is -2.18. The molecule has 1 aliphatic heterocycles. The standard InChI is InChI=1S/C12H13FN3O8PS/c13-5-1-4-2-16(12(26)15-9(4)14-10(5)19)11-8(18)7(17)6(24-11)3-23-25(20,21)22/h1-2,6-8,11,17-18H,3H2,(H2,20,21,22)(H,14,15,19,26)/t6-,7?,8+,11-/m1/s1. The second-order valence-corrected chi connectivity index (χ2v) is 7.12. The van der Waals surface area contributed by atoms with Gasteiger partial charge in [-0.2, -0.15) is 0 Å². The number of aromatic nitrogens is 3. The lowest BCUT2D eigenvalue weighted by Crippen LogP contribution is -2.33. The average Bonchev–Trinajstić information content (AvgIpc) is 2.81. The van der Waals surface area contributed by atoms with Gasteiger partial charge in [-0.1, -0.05) is 0 Å². The molecule has 0 saturated carbocycles. The Balaban J connectivity index is 1.94. The van der Waals surface area contributed by atoms with Crippen molar-refractivity contribution >= 4 is 31.1 Å². The number of halogens is 1. The van der Waals surface area contributed by atoms with Crippen molar-refractivity contribution in [2.45, 2.75) is 24.5 Å². The summed E-state index contributed by atoms with van der Waals surface area (Å²) in [6.07, 6.45) is -4.33. The van der Waals surface area contributed by atoms with Gasteiger partial charge in [0, 0.05) is 11.6 Å². The number of nitrogens with zero attached hydrogens (tertiary/aromatic N) is 2. The van der Waals surface area contributed by atoms with Crippen LogP contribution in [-0.2, 0) is 13.8 Å². The van der Waals surface area contributed by atoms with Crippen molar-refractivity contribution in [3.63, 3.8) is 0 Å². The number of aromatic amines is 1. The third-order valence-corrected chi connectivity index (χ3v) is 4.52. The molecule has 0 aromatic carbocycles. The number of rotatable bonds is 4. The summed E-state index contributed by atoms with van der Waals surface area (Å²) < 4.78 is 34.8. The molecule has 2 aromatic heterocycles. The van der Waals surface area contributed by atoms with E-state index in [1.54, 1.807) is 0 Å². The van der Waals surface area contributed by atoms with Crippen LogP contribution in [0.15, 0.2) is 17.1 Å². The molecule has 0 radical (unpaired) electrons. The van der Waals surface area contributed by atoms with Crippen LogP contribution in [0.25, 0.3) is 11.0 Å². The van der Waals surface area contributed by atoms with Gasteiger partial charge in [0.2, 0.25) is 4.77 Å². The molecule has 142 valence electrons. The highest BCUT2D eigenvalue weighted by Crippen LogP contribution is 2.38. The first-order chi connectivity index (χ1) is 12.1. The number of phosphoric acid groups is 1. The van der Waals surface area contributed by atoms with E-state index in [-0.39, 0.29) is 15.8 Å². The van der Waals surface area contributed by atoms with Gasteiger partial charge in [0.1, 0.15) is 24.0 Å². The first-order valence-corrected chi connectivity index (χ1v) is 9.04.